The normalized spacial score (nSPS) is 16.4. The van der Waals surface area contributed by atoms with Gasteiger partial charge >= 0.3 is 0 Å². The smallest absolute Gasteiger partial charge is 0.0409 e. The van der Waals surface area contributed by atoms with Gasteiger partial charge in [-0.05, 0) is 37.4 Å². The van der Waals surface area contributed by atoms with Gasteiger partial charge in [0, 0.05) is 25.8 Å². The van der Waals surface area contributed by atoms with E-state index >= 15 is 0 Å². The van der Waals surface area contributed by atoms with Gasteiger partial charge in [0.25, 0.3) is 0 Å². The summed E-state index contributed by atoms with van der Waals surface area (Å²) >= 11 is 0. The molecule has 1 aliphatic carbocycles. The lowest BCUT2D eigenvalue weighted by Crippen LogP contribution is -2.25. The van der Waals surface area contributed by atoms with Crippen molar-refractivity contribution in [2.24, 2.45) is 5.92 Å². The molecule has 0 aromatic heterocycles. The van der Waals surface area contributed by atoms with Gasteiger partial charge < -0.3 is 10.2 Å². The van der Waals surface area contributed by atoms with Crippen molar-refractivity contribution < 1.29 is 0 Å². The number of hydrogen-bond donors (Lipinski definition) is 1. The molecule has 0 amide bonds. The lowest BCUT2D eigenvalue weighted by Gasteiger charge is -2.25. The van der Waals surface area contributed by atoms with Crippen LogP contribution in [0.5, 0.6) is 0 Å². The Labute approximate surface area is 105 Å². The van der Waals surface area contributed by atoms with Crippen LogP contribution in [0, 0.1) is 5.92 Å². The molecule has 0 atom stereocenters. The molecule has 1 aromatic rings. The van der Waals surface area contributed by atoms with Crippen LogP contribution in [0.25, 0.3) is 0 Å². The fourth-order valence-electron chi connectivity index (χ4n) is 2.90. The van der Waals surface area contributed by atoms with Gasteiger partial charge in [0.1, 0.15) is 0 Å². The first-order chi connectivity index (χ1) is 8.31. The summed E-state index contributed by atoms with van der Waals surface area (Å²) in [5, 5.41) is 3.25. The van der Waals surface area contributed by atoms with Crippen molar-refractivity contribution in [1.82, 2.24) is 5.32 Å². The molecule has 0 bridgehead atoms. The fourth-order valence-corrected chi connectivity index (χ4v) is 2.90. The predicted octanol–water partition coefficient (Wildman–Crippen LogP) is 3.03. The Balaban J connectivity index is 2.03. The topological polar surface area (TPSA) is 15.3 Å². The molecule has 0 aliphatic heterocycles. The lowest BCUT2D eigenvalue weighted by atomic mass is 10.1. The van der Waals surface area contributed by atoms with Gasteiger partial charge in [0.2, 0.25) is 0 Å². The van der Waals surface area contributed by atoms with Crippen molar-refractivity contribution in [1.29, 1.82) is 0 Å². The summed E-state index contributed by atoms with van der Waals surface area (Å²) in [6.45, 7) is 2.16. The zero-order valence-corrected chi connectivity index (χ0v) is 11.1. The average molecular weight is 232 g/mol. The minimum atomic E-state index is 0.905. The Morgan fingerprint density at radius 1 is 1.24 bits per heavy atom. The van der Waals surface area contributed by atoms with Crippen LogP contribution in [0.4, 0.5) is 5.69 Å². The van der Waals surface area contributed by atoms with Crippen molar-refractivity contribution in [3.63, 3.8) is 0 Å². The largest absolute Gasteiger partial charge is 0.374 e. The number of nitrogens with zero attached hydrogens (tertiary/aromatic N) is 1. The molecule has 0 spiro atoms. The van der Waals surface area contributed by atoms with Gasteiger partial charge in [-0.3, -0.25) is 0 Å². The first-order valence-electron chi connectivity index (χ1n) is 6.75. The van der Waals surface area contributed by atoms with E-state index in [9.17, 15) is 0 Å². The van der Waals surface area contributed by atoms with Gasteiger partial charge in [0.15, 0.2) is 0 Å². The van der Waals surface area contributed by atoms with E-state index in [1.165, 1.54) is 43.5 Å². The van der Waals surface area contributed by atoms with Crippen LogP contribution >= 0.6 is 0 Å². The minimum absolute atomic E-state index is 0.905. The van der Waals surface area contributed by atoms with Crippen LogP contribution in [0.2, 0.25) is 0 Å². The molecule has 1 N–H and O–H groups in total. The molecule has 94 valence electrons. The van der Waals surface area contributed by atoms with Crippen molar-refractivity contribution in [2.75, 3.05) is 25.5 Å². The highest BCUT2D eigenvalue weighted by atomic mass is 15.1. The highest BCUT2D eigenvalue weighted by Gasteiger charge is 2.17. The predicted molar refractivity (Wildman–Crippen MR) is 74.4 cm³/mol. The molecule has 1 fully saturated rings. The number of hydrogen-bond acceptors (Lipinski definition) is 2. The number of nitrogens with one attached hydrogen (secondary N) is 1. The van der Waals surface area contributed by atoms with E-state index in [0.717, 1.165) is 12.5 Å². The molecule has 2 nitrogen and oxygen atoms in total. The summed E-state index contributed by atoms with van der Waals surface area (Å²) < 4.78 is 0. The van der Waals surface area contributed by atoms with E-state index in [-0.39, 0.29) is 0 Å². The Hall–Kier alpha value is -1.02. The van der Waals surface area contributed by atoms with Crippen molar-refractivity contribution in [3.05, 3.63) is 29.8 Å². The zero-order chi connectivity index (χ0) is 12.1. The fraction of sp³-hybridized carbons (Fsp3) is 0.600. The molecule has 0 unspecified atom stereocenters. The van der Waals surface area contributed by atoms with Gasteiger partial charge in [-0.15, -0.1) is 0 Å². The van der Waals surface area contributed by atoms with Crippen LogP contribution < -0.4 is 10.2 Å². The second-order valence-electron chi connectivity index (χ2n) is 5.19. The first-order valence-corrected chi connectivity index (χ1v) is 6.75. The molecule has 0 heterocycles. The van der Waals surface area contributed by atoms with Crippen LogP contribution in [0.3, 0.4) is 0 Å². The summed E-state index contributed by atoms with van der Waals surface area (Å²) in [6.07, 6.45) is 5.68. The third-order valence-corrected chi connectivity index (χ3v) is 3.78. The Kier molecular flexibility index (Phi) is 4.43. The monoisotopic (exact) mass is 232 g/mol. The quantitative estimate of drug-likeness (QED) is 0.839. The van der Waals surface area contributed by atoms with E-state index in [1.54, 1.807) is 0 Å². The zero-order valence-electron chi connectivity index (χ0n) is 11.1. The summed E-state index contributed by atoms with van der Waals surface area (Å²) in [5.74, 6) is 0.905. The molecule has 1 aliphatic rings. The van der Waals surface area contributed by atoms with Gasteiger partial charge in [-0.1, -0.05) is 31.0 Å². The Bertz CT molecular complexity index is 343. The highest BCUT2D eigenvalue weighted by molar-refractivity contribution is 5.53. The summed E-state index contributed by atoms with van der Waals surface area (Å²) in [4.78, 5) is 2.43. The molecule has 0 saturated heterocycles. The van der Waals surface area contributed by atoms with E-state index in [0.29, 0.717) is 0 Å². The molecule has 2 rings (SSSR count). The summed E-state index contributed by atoms with van der Waals surface area (Å²) in [6, 6.07) is 8.72. The van der Waals surface area contributed by atoms with Crippen LogP contribution in [-0.2, 0) is 6.54 Å². The number of benzene rings is 1. The lowest BCUT2D eigenvalue weighted by molar-refractivity contribution is 0.546. The maximum Gasteiger partial charge on any atom is 0.0409 e. The Morgan fingerprint density at radius 2 is 1.94 bits per heavy atom. The van der Waals surface area contributed by atoms with Crippen molar-refractivity contribution >= 4 is 5.69 Å². The van der Waals surface area contributed by atoms with E-state index in [2.05, 4.69) is 41.5 Å². The average Bonchev–Trinajstić information content (AvgIpc) is 2.83. The molecular weight excluding hydrogens is 208 g/mol. The van der Waals surface area contributed by atoms with Crippen molar-refractivity contribution in [3.8, 4) is 0 Å². The van der Waals surface area contributed by atoms with E-state index < -0.39 is 0 Å². The molecule has 1 aromatic carbocycles. The highest BCUT2D eigenvalue weighted by Crippen LogP contribution is 2.28. The number of para-hydroxylation sites is 1. The summed E-state index contributed by atoms with van der Waals surface area (Å²) in [5.41, 5.74) is 2.78. The third kappa shape index (κ3) is 3.22. The van der Waals surface area contributed by atoms with Crippen LogP contribution in [0.15, 0.2) is 24.3 Å². The molecule has 2 heteroatoms. The first kappa shape index (κ1) is 12.4. The van der Waals surface area contributed by atoms with Crippen LogP contribution in [-0.4, -0.2) is 20.6 Å². The second kappa shape index (κ2) is 6.06. The standard InChI is InChI=1S/C15H24N2/c1-16-11-14-9-5-6-10-15(14)17(2)12-13-7-3-4-8-13/h5-6,9-10,13,16H,3-4,7-8,11-12H2,1-2H3. The number of anilines is 1. The van der Waals surface area contributed by atoms with Crippen molar-refractivity contribution in [2.45, 2.75) is 32.2 Å². The van der Waals surface area contributed by atoms with Gasteiger partial charge in [0.05, 0.1) is 0 Å². The second-order valence-corrected chi connectivity index (χ2v) is 5.19. The maximum atomic E-state index is 3.25. The molecule has 17 heavy (non-hydrogen) atoms. The van der Waals surface area contributed by atoms with Gasteiger partial charge in [-0.2, -0.15) is 0 Å². The van der Waals surface area contributed by atoms with Crippen LogP contribution in [0.1, 0.15) is 31.2 Å². The minimum Gasteiger partial charge on any atom is -0.374 e. The number of rotatable bonds is 5. The molecule has 0 radical (unpaired) electrons. The van der Waals surface area contributed by atoms with Gasteiger partial charge in [-0.25, -0.2) is 0 Å². The molecular formula is C15H24N2. The SMILES string of the molecule is CNCc1ccccc1N(C)CC1CCCC1. The molecule has 1 saturated carbocycles. The maximum absolute atomic E-state index is 3.25. The van der Waals surface area contributed by atoms with E-state index in [1.807, 2.05) is 7.05 Å². The van der Waals surface area contributed by atoms with E-state index in [4.69, 9.17) is 0 Å². The Morgan fingerprint density at radius 3 is 2.65 bits per heavy atom. The summed E-state index contributed by atoms with van der Waals surface area (Å²) in [7, 11) is 4.24. The third-order valence-electron chi connectivity index (χ3n) is 3.78.